The van der Waals surface area contributed by atoms with E-state index in [9.17, 15) is 9.90 Å². The molecule has 4 heteroatoms. The van der Waals surface area contributed by atoms with E-state index in [0.29, 0.717) is 12.5 Å². The molecule has 0 bridgehead atoms. The second kappa shape index (κ2) is 7.57. The van der Waals surface area contributed by atoms with Gasteiger partial charge in [0.15, 0.2) is 0 Å². The van der Waals surface area contributed by atoms with Crippen LogP contribution in [0.3, 0.4) is 0 Å². The lowest BCUT2D eigenvalue weighted by atomic mass is 9.99. The molecule has 1 aromatic carbocycles. The van der Waals surface area contributed by atoms with Gasteiger partial charge in [0.2, 0.25) is 5.91 Å². The Morgan fingerprint density at radius 2 is 1.90 bits per heavy atom. The molecule has 1 aliphatic heterocycles. The lowest BCUT2D eigenvalue weighted by molar-refractivity contribution is -0.127. The SMILES string of the molecule is CC(C)CNC(=O)[C@@H](c1ccccc1)N1CCC(O)CC1. The van der Waals surface area contributed by atoms with Gasteiger partial charge in [0.05, 0.1) is 6.10 Å². The molecule has 1 aliphatic rings. The predicted molar refractivity (Wildman–Crippen MR) is 83.8 cm³/mol. The number of aliphatic hydroxyl groups is 1. The molecule has 1 saturated heterocycles. The van der Waals surface area contributed by atoms with Crippen LogP contribution in [0.25, 0.3) is 0 Å². The normalized spacial score (nSPS) is 18.7. The largest absolute Gasteiger partial charge is 0.393 e. The smallest absolute Gasteiger partial charge is 0.241 e. The van der Waals surface area contributed by atoms with Crippen LogP contribution in [-0.4, -0.2) is 41.7 Å². The van der Waals surface area contributed by atoms with Gasteiger partial charge in [0.1, 0.15) is 6.04 Å². The number of aliphatic hydroxyl groups excluding tert-OH is 1. The molecule has 1 heterocycles. The van der Waals surface area contributed by atoms with Crippen LogP contribution in [0, 0.1) is 5.92 Å². The molecule has 0 unspecified atom stereocenters. The summed E-state index contributed by atoms with van der Waals surface area (Å²) < 4.78 is 0. The Hall–Kier alpha value is -1.39. The Bertz CT molecular complexity index is 439. The minimum absolute atomic E-state index is 0.0614. The summed E-state index contributed by atoms with van der Waals surface area (Å²) in [5.74, 6) is 0.500. The monoisotopic (exact) mass is 290 g/mol. The van der Waals surface area contributed by atoms with Crippen LogP contribution >= 0.6 is 0 Å². The molecule has 1 fully saturated rings. The van der Waals surface area contributed by atoms with Crippen molar-refractivity contribution in [3.05, 3.63) is 35.9 Å². The highest BCUT2D eigenvalue weighted by atomic mass is 16.3. The van der Waals surface area contributed by atoms with Gasteiger partial charge in [0, 0.05) is 19.6 Å². The number of hydrogen-bond donors (Lipinski definition) is 2. The number of amides is 1. The first kappa shape index (κ1) is 16.0. The lowest BCUT2D eigenvalue weighted by Gasteiger charge is -2.35. The van der Waals surface area contributed by atoms with Gasteiger partial charge in [-0.05, 0) is 24.3 Å². The second-order valence-electron chi connectivity index (χ2n) is 6.22. The van der Waals surface area contributed by atoms with Crippen molar-refractivity contribution in [3.63, 3.8) is 0 Å². The van der Waals surface area contributed by atoms with Crippen LogP contribution in [-0.2, 0) is 4.79 Å². The fourth-order valence-corrected chi connectivity index (χ4v) is 2.71. The fraction of sp³-hybridized carbons (Fsp3) is 0.588. The summed E-state index contributed by atoms with van der Waals surface area (Å²) in [5.41, 5.74) is 1.02. The summed E-state index contributed by atoms with van der Waals surface area (Å²) in [4.78, 5) is 14.8. The van der Waals surface area contributed by atoms with Crippen molar-refractivity contribution in [1.82, 2.24) is 10.2 Å². The van der Waals surface area contributed by atoms with Gasteiger partial charge in [-0.1, -0.05) is 44.2 Å². The number of carbonyl (C=O) groups is 1. The average Bonchev–Trinajstić information content (AvgIpc) is 2.48. The van der Waals surface area contributed by atoms with Crippen molar-refractivity contribution >= 4 is 5.91 Å². The maximum atomic E-state index is 12.6. The number of hydrogen-bond acceptors (Lipinski definition) is 3. The molecule has 0 saturated carbocycles. The maximum Gasteiger partial charge on any atom is 0.241 e. The van der Waals surface area contributed by atoms with Crippen LogP contribution in [0.1, 0.15) is 38.3 Å². The van der Waals surface area contributed by atoms with Crippen LogP contribution in [0.15, 0.2) is 30.3 Å². The van der Waals surface area contributed by atoms with E-state index in [1.54, 1.807) is 0 Å². The Morgan fingerprint density at radius 3 is 2.48 bits per heavy atom. The van der Waals surface area contributed by atoms with Crippen LogP contribution in [0.2, 0.25) is 0 Å². The summed E-state index contributed by atoms with van der Waals surface area (Å²) >= 11 is 0. The minimum atomic E-state index is -0.252. The number of carbonyl (C=O) groups excluding carboxylic acids is 1. The lowest BCUT2D eigenvalue weighted by Crippen LogP contribution is -2.45. The third kappa shape index (κ3) is 4.55. The second-order valence-corrected chi connectivity index (χ2v) is 6.22. The number of nitrogens with zero attached hydrogens (tertiary/aromatic N) is 1. The van der Waals surface area contributed by atoms with Gasteiger partial charge in [-0.2, -0.15) is 0 Å². The quantitative estimate of drug-likeness (QED) is 0.871. The highest BCUT2D eigenvalue weighted by molar-refractivity contribution is 5.83. The number of likely N-dealkylation sites (tertiary alicyclic amines) is 1. The number of benzene rings is 1. The van der Waals surface area contributed by atoms with Gasteiger partial charge >= 0.3 is 0 Å². The molecular formula is C17H26N2O2. The topological polar surface area (TPSA) is 52.6 Å². The van der Waals surface area contributed by atoms with E-state index >= 15 is 0 Å². The molecule has 2 N–H and O–H groups in total. The van der Waals surface area contributed by atoms with Gasteiger partial charge in [-0.25, -0.2) is 0 Å². The molecule has 2 rings (SSSR count). The third-order valence-corrected chi connectivity index (χ3v) is 3.91. The van der Waals surface area contributed by atoms with Gasteiger partial charge in [-0.3, -0.25) is 9.69 Å². The highest BCUT2D eigenvalue weighted by Crippen LogP contribution is 2.25. The Labute approximate surface area is 127 Å². The molecule has 0 aromatic heterocycles. The van der Waals surface area contributed by atoms with Gasteiger partial charge < -0.3 is 10.4 Å². The zero-order valence-electron chi connectivity index (χ0n) is 13.0. The molecule has 0 radical (unpaired) electrons. The van der Waals surface area contributed by atoms with Gasteiger partial charge in [0.25, 0.3) is 0 Å². The average molecular weight is 290 g/mol. The van der Waals surface area contributed by atoms with Crippen LogP contribution < -0.4 is 5.32 Å². The molecule has 116 valence electrons. The van der Waals surface area contributed by atoms with E-state index in [-0.39, 0.29) is 18.1 Å². The van der Waals surface area contributed by atoms with E-state index in [0.717, 1.165) is 31.5 Å². The molecule has 1 aromatic rings. The van der Waals surface area contributed by atoms with Gasteiger partial charge in [-0.15, -0.1) is 0 Å². The number of piperidine rings is 1. The van der Waals surface area contributed by atoms with E-state index in [1.807, 2.05) is 30.3 Å². The molecule has 1 amide bonds. The Balaban J connectivity index is 2.12. The molecule has 1 atom stereocenters. The first-order valence-corrected chi connectivity index (χ1v) is 7.82. The van der Waals surface area contributed by atoms with E-state index in [4.69, 9.17) is 0 Å². The van der Waals surface area contributed by atoms with Crippen molar-refractivity contribution in [2.24, 2.45) is 5.92 Å². The Morgan fingerprint density at radius 1 is 1.29 bits per heavy atom. The van der Waals surface area contributed by atoms with Crippen molar-refractivity contribution in [3.8, 4) is 0 Å². The summed E-state index contributed by atoms with van der Waals surface area (Å²) in [6.45, 7) is 6.40. The molecular weight excluding hydrogens is 264 g/mol. The fourth-order valence-electron chi connectivity index (χ4n) is 2.71. The third-order valence-electron chi connectivity index (χ3n) is 3.91. The maximum absolute atomic E-state index is 12.6. The van der Waals surface area contributed by atoms with E-state index < -0.39 is 0 Å². The minimum Gasteiger partial charge on any atom is -0.393 e. The van der Waals surface area contributed by atoms with E-state index in [2.05, 4.69) is 24.1 Å². The first-order valence-electron chi connectivity index (χ1n) is 7.82. The summed E-state index contributed by atoms with van der Waals surface area (Å²) in [6, 6.07) is 9.66. The molecule has 0 spiro atoms. The van der Waals surface area contributed by atoms with Crippen LogP contribution in [0.5, 0.6) is 0 Å². The highest BCUT2D eigenvalue weighted by Gasteiger charge is 2.30. The molecule has 4 nitrogen and oxygen atoms in total. The van der Waals surface area contributed by atoms with Crippen LogP contribution in [0.4, 0.5) is 0 Å². The van der Waals surface area contributed by atoms with Crippen molar-refractivity contribution in [2.45, 2.75) is 38.8 Å². The standard InChI is InChI=1S/C17H26N2O2/c1-13(2)12-18-17(21)16(14-6-4-3-5-7-14)19-10-8-15(20)9-11-19/h3-7,13,15-16,20H,8-12H2,1-2H3,(H,18,21)/t16-/m1/s1. The summed E-state index contributed by atoms with van der Waals surface area (Å²) in [6.07, 6.45) is 1.25. The molecule has 21 heavy (non-hydrogen) atoms. The van der Waals surface area contributed by atoms with E-state index in [1.165, 1.54) is 0 Å². The first-order chi connectivity index (χ1) is 10.1. The predicted octanol–water partition coefficient (Wildman–Crippen LogP) is 1.96. The van der Waals surface area contributed by atoms with Crippen molar-refractivity contribution < 1.29 is 9.90 Å². The zero-order chi connectivity index (χ0) is 15.2. The van der Waals surface area contributed by atoms with Crippen molar-refractivity contribution in [2.75, 3.05) is 19.6 Å². The number of nitrogens with one attached hydrogen (secondary N) is 1. The summed E-state index contributed by atoms with van der Waals surface area (Å²) in [7, 11) is 0. The zero-order valence-corrected chi connectivity index (χ0v) is 13.0. The number of rotatable bonds is 5. The Kier molecular flexibility index (Phi) is 5.76. The summed E-state index contributed by atoms with van der Waals surface area (Å²) in [5, 5.41) is 12.7. The van der Waals surface area contributed by atoms with Crippen molar-refractivity contribution in [1.29, 1.82) is 0 Å². The molecule has 0 aliphatic carbocycles.